The molecular weight excluding hydrogens is 561 g/mol. The number of aromatic hydroxyl groups is 1. The number of phenolic OH excluding ortho intramolecular Hbond substituents is 1. The fraction of sp³-hybridized carbons (Fsp3) is 0.130. The number of hydrogen-bond acceptors (Lipinski definition) is 5. The molecule has 6 nitrogen and oxygen atoms in total. The average Bonchev–Trinajstić information content (AvgIpc) is 2.77. The topological polar surface area (TPSA) is 84.9 Å². The highest BCUT2D eigenvalue weighted by Gasteiger charge is 2.16. The minimum Gasteiger partial charge on any atom is -0.507 e. The summed E-state index contributed by atoms with van der Waals surface area (Å²) in [6.45, 7) is 2.14. The standard InChI is InChI=1S/C23H20Br2NO5P/c1-30-23(29)14-3-5-15(6-4-14)26-22(28)17-11-16(7-8-20(17)27)31-21-18(24)9-13(12-32-2)10-19(21)25/h3-11,27,32H,12H2,1-2H3,(H,26,28). The third-order valence-corrected chi connectivity index (χ3v) is 6.38. The van der Waals surface area contributed by atoms with Crippen molar-refractivity contribution in [3.8, 4) is 17.2 Å². The van der Waals surface area contributed by atoms with Crippen LogP contribution in [0.3, 0.4) is 0 Å². The second-order valence-corrected chi connectivity index (χ2v) is 9.49. The maximum Gasteiger partial charge on any atom is 0.337 e. The van der Waals surface area contributed by atoms with Crippen LogP contribution in [-0.2, 0) is 10.9 Å². The van der Waals surface area contributed by atoms with Crippen LogP contribution in [0.15, 0.2) is 63.5 Å². The number of nitrogens with one attached hydrogen (secondary N) is 1. The van der Waals surface area contributed by atoms with Gasteiger partial charge in [-0.05, 0) is 105 Å². The second-order valence-electron chi connectivity index (χ2n) is 6.72. The lowest BCUT2D eigenvalue weighted by atomic mass is 10.1. The molecule has 1 atom stereocenters. The first kappa shape index (κ1) is 24.2. The summed E-state index contributed by atoms with van der Waals surface area (Å²) in [5.41, 5.74) is 2.06. The van der Waals surface area contributed by atoms with Crippen LogP contribution in [-0.4, -0.2) is 30.8 Å². The van der Waals surface area contributed by atoms with Crippen molar-refractivity contribution in [2.24, 2.45) is 0 Å². The van der Waals surface area contributed by atoms with E-state index >= 15 is 0 Å². The van der Waals surface area contributed by atoms with Crippen LogP contribution in [0, 0.1) is 0 Å². The van der Waals surface area contributed by atoms with Gasteiger partial charge in [0.05, 0.1) is 27.2 Å². The number of halogens is 2. The molecule has 0 aliphatic heterocycles. The van der Waals surface area contributed by atoms with Crippen LogP contribution in [0.1, 0.15) is 26.3 Å². The van der Waals surface area contributed by atoms with E-state index in [9.17, 15) is 14.7 Å². The third-order valence-electron chi connectivity index (χ3n) is 4.44. The monoisotopic (exact) mass is 579 g/mol. The summed E-state index contributed by atoms with van der Waals surface area (Å²) < 4.78 is 12.2. The van der Waals surface area contributed by atoms with Gasteiger partial charge in [0.15, 0.2) is 5.75 Å². The number of benzene rings is 3. The van der Waals surface area contributed by atoms with Gasteiger partial charge in [0.1, 0.15) is 11.5 Å². The zero-order valence-corrected chi connectivity index (χ0v) is 21.4. The number of esters is 1. The van der Waals surface area contributed by atoms with Gasteiger partial charge in [-0.2, -0.15) is 0 Å². The number of hydrogen-bond donors (Lipinski definition) is 2. The highest BCUT2D eigenvalue weighted by molar-refractivity contribution is 9.11. The molecule has 9 heteroatoms. The summed E-state index contributed by atoms with van der Waals surface area (Å²) in [6.07, 6.45) is 0.974. The SMILES string of the molecule is COC(=O)c1ccc(NC(=O)c2cc(Oc3c(Br)cc(CPC)cc3Br)ccc2O)cc1. The lowest BCUT2D eigenvalue weighted by molar-refractivity contribution is 0.0600. The van der Waals surface area contributed by atoms with Crippen molar-refractivity contribution in [2.45, 2.75) is 6.16 Å². The highest BCUT2D eigenvalue weighted by atomic mass is 79.9. The first-order valence-electron chi connectivity index (χ1n) is 9.45. The molecule has 0 saturated carbocycles. The summed E-state index contributed by atoms with van der Waals surface area (Å²) >= 11 is 7.08. The Morgan fingerprint density at radius 2 is 1.69 bits per heavy atom. The Morgan fingerprint density at radius 1 is 1.03 bits per heavy atom. The van der Waals surface area contributed by atoms with Gasteiger partial charge in [-0.3, -0.25) is 4.79 Å². The fourth-order valence-corrected chi connectivity index (χ4v) is 4.96. The van der Waals surface area contributed by atoms with Gasteiger partial charge < -0.3 is 19.9 Å². The van der Waals surface area contributed by atoms with E-state index in [1.807, 2.05) is 12.1 Å². The van der Waals surface area contributed by atoms with E-state index in [4.69, 9.17) is 4.74 Å². The van der Waals surface area contributed by atoms with Gasteiger partial charge in [0, 0.05) is 5.69 Å². The van der Waals surface area contributed by atoms with Crippen LogP contribution in [0.5, 0.6) is 17.2 Å². The molecule has 0 bridgehead atoms. The average molecular weight is 581 g/mol. The van der Waals surface area contributed by atoms with Gasteiger partial charge in [0.25, 0.3) is 5.91 Å². The molecule has 3 aromatic carbocycles. The van der Waals surface area contributed by atoms with Crippen LogP contribution >= 0.6 is 40.4 Å². The molecule has 0 aromatic heterocycles. The van der Waals surface area contributed by atoms with Crippen molar-refractivity contribution >= 4 is 58.0 Å². The number of amides is 1. The first-order chi connectivity index (χ1) is 15.3. The van der Waals surface area contributed by atoms with Gasteiger partial charge in [-0.1, -0.05) is 0 Å². The molecule has 0 spiro atoms. The smallest absolute Gasteiger partial charge is 0.337 e. The van der Waals surface area contributed by atoms with E-state index in [1.54, 1.807) is 30.3 Å². The summed E-state index contributed by atoms with van der Waals surface area (Å²) in [4.78, 5) is 24.3. The lowest BCUT2D eigenvalue weighted by Gasteiger charge is -2.13. The molecule has 0 aliphatic carbocycles. The first-order valence-corrected chi connectivity index (χ1v) is 12.7. The van der Waals surface area contributed by atoms with Crippen molar-refractivity contribution in [1.82, 2.24) is 0 Å². The van der Waals surface area contributed by atoms with Crippen LogP contribution in [0.25, 0.3) is 0 Å². The Hall–Kier alpha value is -2.41. The zero-order chi connectivity index (χ0) is 23.3. The van der Waals surface area contributed by atoms with Crippen molar-refractivity contribution in [3.63, 3.8) is 0 Å². The number of methoxy groups -OCH3 is 1. The molecular formula is C23H20Br2NO5P. The maximum atomic E-state index is 12.7. The number of rotatable bonds is 7. The summed E-state index contributed by atoms with van der Waals surface area (Å²) in [5.74, 6) is -0.204. The molecule has 0 saturated heterocycles. The Kier molecular flexibility index (Phi) is 8.29. The van der Waals surface area contributed by atoms with E-state index in [-0.39, 0.29) is 11.3 Å². The van der Waals surface area contributed by atoms with Gasteiger partial charge in [-0.25, -0.2) is 4.79 Å². The van der Waals surface area contributed by atoms with Crippen molar-refractivity contribution in [3.05, 3.63) is 80.2 Å². The number of ether oxygens (including phenoxy) is 2. The van der Waals surface area contributed by atoms with E-state index in [2.05, 4.69) is 48.6 Å². The predicted octanol–water partition coefficient (Wildman–Crippen LogP) is 6.56. The largest absolute Gasteiger partial charge is 0.507 e. The molecule has 166 valence electrons. The van der Waals surface area contributed by atoms with Crippen LogP contribution < -0.4 is 10.1 Å². The summed E-state index contributed by atoms with van der Waals surface area (Å²) in [7, 11) is 2.10. The zero-order valence-electron chi connectivity index (χ0n) is 17.2. The Morgan fingerprint density at radius 3 is 2.28 bits per heavy atom. The molecule has 32 heavy (non-hydrogen) atoms. The summed E-state index contributed by atoms with van der Waals surface area (Å²) in [6, 6.07) is 14.7. The van der Waals surface area contributed by atoms with Crippen molar-refractivity contribution in [2.75, 3.05) is 19.1 Å². The minimum atomic E-state index is -0.517. The fourth-order valence-electron chi connectivity index (χ4n) is 2.90. The van der Waals surface area contributed by atoms with Crippen molar-refractivity contribution in [1.29, 1.82) is 0 Å². The molecule has 0 aliphatic rings. The van der Waals surface area contributed by atoms with Crippen LogP contribution in [0.4, 0.5) is 5.69 Å². The molecule has 3 rings (SSSR count). The predicted molar refractivity (Wildman–Crippen MR) is 134 cm³/mol. The molecule has 1 unspecified atom stereocenters. The normalized spacial score (nSPS) is 10.9. The number of carbonyl (C=O) groups is 2. The molecule has 2 N–H and O–H groups in total. The summed E-state index contributed by atoms with van der Waals surface area (Å²) in [5, 5.41) is 12.9. The number of anilines is 1. The molecule has 3 aromatic rings. The van der Waals surface area contributed by atoms with Crippen molar-refractivity contribution < 1.29 is 24.2 Å². The van der Waals surface area contributed by atoms with E-state index in [0.29, 0.717) is 22.7 Å². The van der Waals surface area contributed by atoms with E-state index in [0.717, 1.165) is 23.7 Å². The Balaban J connectivity index is 1.80. The van der Waals surface area contributed by atoms with E-state index in [1.165, 1.54) is 24.8 Å². The molecule has 0 heterocycles. The minimum absolute atomic E-state index is 0.0515. The Labute approximate surface area is 204 Å². The van der Waals surface area contributed by atoms with Gasteiger partial charge >= 0.3 is 5.97 Å². The van der Waals surface area contributed by atoms with E-state index < -0.39 is 11.9 Å². The molecule has 0 fully saturated rings. The third kappa shape index (κ3) is 5.88. The highest BCUT2D eigenvalue weighted by Crippen LogP contribution is 2.39. The van der Waals surface area contributed by atoms with Gasteiger partial charge in [0.2, 0.25) is 0 Å². The second kappa shape index (κ2) is 10.9. The molecule has 0 radical (unpaired) electrons. The molecule has 1 amide bonds. The van der Waals surface area contributed by atoms with Gasteiger partial charge in [-0.15, -0.1) is 8.58 Å². The number of carbonyl (C=O) groups excluding carboxylic acids is 2. The Bertz CT molecular complexity index is 1130. The quantitative estimate of drug-likeness (QED) is 0.244. The van der Waals surface area contributed by atoms with Crippen LogP contribution in [0.2, 0.25) is 0 Å². The lowest BCUT2D eigenvalue weighted by Crippen LogP contribution is -2.12. The maximum absolute atomic E-state index is 12.7. The number of phenols is 1.